The molecule has 0 saturated carbocycles. The van der Waals surface area contributed by atoms with E-state index in [0.717, 1.165) is 25.8 Å². The minimum atomic E-state index is -0.192. The van der Waals surface area contributed by atoms with Crippen molar-refractivity contribution in [3.8, 4) is 0 Å². The number of rotatable bonds is 5. The van der Waals surface area contributed by atoms with Gasteiger partial charge in [0.25, 0.3) is 0 Å². The van der Waals surface area contributed by atoms with E-state index < -0.39 is 0 Å². The number of urea groups is 1. The van der Waals surface area contributed by atoms with E-state index in [1.807, 2.05) is 18.7 Å². The minimum Gasteiger partial charge on any atom is -0.396 e. The number of hydrogen-bond acceptors (Lipinski definition) is 3. The monoisotopic (exact) mass is 258 g/mol. The van der Waals surface area contributed by atoms with Crippen LogP contribution < -0.4 is 5.32 Å². The molecule has 2 N–H and O–H groups in total. The maximum atomic E-state index is 12.0. The molecule has 1 atom stereocenters. The number of methoxy groups -OCH3 is 1. The number of likely N-dealkylation sites (tertiary alicyclic amines) is 1. The van der Waals surface area contributed by atoms with E-state index in [-0.39, 0.29) is 24.1 Å². The van der Waals surface area contributed by atoms with Gasteiger partial charge in [0, 0.05) is 38.3 Å². The van der Waals surface area contributed by atoms with Crippen LogP contribution in [-0.4, -0.2) is 55.5 Å². The molecular formula is C13H26N2O3. The molecule has 5 nitrogen and oxygen atoms in total. The second kappa shape index (κ2) is 6.95. The molecule has 0 bridgehead atoms. The molecule has 0 radical (unpaired) electrons. The zero-order valence-electron chi connectivity index (χ0n) is 11.7. The zero-order chi connectivity index (χ0) is 13.6. The fourth-order valence-corrected chi connectivity index (χ4v) is 2.45. The molecule has 1 saturated heterocycles. The number of piperidine rings is 1. The summed E-state index contributed by atoms with van der Waals surface area (Å²) in [6, 6.07) is 0.113. The Balaban J connectivity index is 2.60. The zero-order valence-corrected chi connectivity index (χ0v) is 11.7. The molecule has 0 spiro atoms. The highest BCUT2D eigenvalue weighted by molar-refractivity contribution is 5.74. The van der Waals surface area contributed by atoms with Crippen LogP contribution in [0.15, 0.2) is 0 Å². The van der Waals surface area contributed by atoms with E-state index in [0.29, 0.717) is 13.2 Å². The van der Waals surface area contributed by atoms with Crippen LogP contribution in [0.3, 0.4) is 0 Å². The SMILES string of the molecule is COCCC1(CO)CCCN(C(=O)NC(C)C)C1. The highest BCUT2D eigenvalue weighted by atomic mass is 16.5. The summed E-state index contributed by atoms with van der Waals surface area (Å²) in [5, 5.41) is 12.5. The van der Waals surface area contributed by atoms with E-state index in [4.69, 9.17) is 4.74 Å². The summed E-state index contributed by atoms with van der Waals surface area (Å²) in [6.07, 6.45) is 2.69. The van der Waals surface area contributed by atoms with Gasteiger partial charge in [-0.1, -0.05) is 0 Å². The van der Waals surface area contributed by atoms with Gasteiger partial charge in [-0.05, 0) is 33.1 Å². The molecule has 5 heteroatoms. The molecule has 2 amide bonds. The molecule has 18 heavy (non-hydrogen) atoms. The lowest BCUT2D eigenvalue weighted by molar-refractivity contribution is 0.0198. The minimum absolute atomic E-state index is 0.0278. The molecule has 0 aromatic rings. The van der Waals surface area contributed by atoms with E-state index in [2.05, 4.69) is 5.32 Å². The standard InChI is InChI=1S/C13H26N2O3/c1-11(2)14-12(17)15-7-4-5-13(9-15,10-16)6-8-18-3/h11,16H,4-10H2,1-3H3,(H,14,17). The van der Waals surface area contributed by atoms with E-state index in [1.165, 1.54) is 0 Å². The topological polar surface area (TPSA) is 61.8 Å². The van der Waals surface area contributed by atoms with Gasteiger partial charge in [0.15, 0.2) is 0 Å². The maximum absolute atomic E-state index is 12.0. The number of amides is 2. The van der Waals surface area contributed by atoms with Gasteiger partial charge in [-0.25, -0.2) is 4.79 Å². The molecule has 0 aromatic carbocycles. The first-order valence-corrected chi connectivity index (χ1v) is 6.68. The van der Waals surface area contributed by atoms with Crippen LogP contribution >= 0.6 is 0 Å². The van der Waals surface area contributed by atoms with Crippen molar-refractivity contribution in [2.24, 2.45) is 5.41 Å². The van der Waals surface area contributed by atoms with Crippen molar-refractivity contribution in [2.75, 3.05) is 33.4 Å². The van der Waals surface area contributed by atoms with Crippen LogP contribution in [0.1, 0.15) is 33.1 Å². The largest absolute Gasteiger partial charge is 0.396 e. The third-order valence-electron chi connectivity index (χ3n) is 3.53. The third kappa shape index (κ3) is 4.14. The summed E-state index contributed by atoms with van der Waals surface area (Å²) in [4.78, 5) is 13.8. The van der Waals surface area contributed by atoms with Gasteiger partial charge in [-0.2, -0.15) is 0 Å². The summed E-state index contributed by atoms with van der Waals surface area (Å²) < 4.78 is 5.10. The Hall–Kier alpha value is -0.810. The lowest BCUT2D eigenvalue weighted by atomic mass is 9.78. The van der Waals surface area contributed by atoms with Gasteiger partial charge in [0.05, 0.1) is 6.61 Å². The first-order valence-electron chi connectivity index (χ1n) is 6.68. The second-order valence-corrected chi connectivity index (χ2v) is 5.53. The predicted octanol–water partition coefficient (Wildman–Crippen LogP) is 1.22. The molecule has 1 fully saturated rings. The number of carbonyl (C=O) groups is 1. The van der Waals surface area contributed by atoms with Crippen LogP contribution in [0.4, 0.5) is 4.79 Å². The van der Waals surface area contributed by atoms with Crippen molar-refractivity contribution < 1.29 is 14.6 Å². The summed E-state index contributed by atoms with van der Waals surface area (Å²) in [5.74, 6) is 0. The Labute approximate surface area is 109 Å². The van der Waals surface area contributed by atoms with Crippen molar-refractivity contribution in [1.82, 2.24) is 10.2 Å². The molecular weight excluding hydrogens is 232 g/mol. The Kier molecular flexibility index (Phi) is 5.88. The molecule has 0 aromatic heterocycles. The highest BCUT2D eigenvalue weighted by Gasteiger charge is 2.36. The third-order valence-corrected chi connectivity index (χ3v) is 3.53. The number of ether oxygens (including phenoxy) is 1. The van der Waals surface area contributed by atoms with E-state index in [1.54, 1.807) is 7.11 Å². The summed E-state index contributed by atoms with van der Waals surface area (Å²) in [6.45, 7) is 6.03. The van der Waals surface area contributed by atoms with Gasteiger partial charge in [0.2, 0.25) is 0 Å². The number of aliphatic hydroxyl groups excluding tert-OH is 1. The van der Waals surface area contributed by atoms with Crippen molar-refractivity contribution in [1.29, 1.82) is 0 Å². The Bertz CT molecular complexity index is 271. The van der Waals surface area contributed by atoms with Gasteiger partial charge in [0.1, 0.15) is 0 Å². The predicted molar refractivity (Wildman–Crippen MR) is 70.5 cm³/mol. The summed E-state index contributed by atoms with van der Waals surface area (Å²) in [7, 11) is 1.66. The molecule has 1 rings (SSSR count). The Morgan fingerprint density at radius 3 is 2.83 bits per heavy atom. The molecule has 1 unspecified atom stereocenters. The average molecular weight is 258 g/mol. The van der Waals surface area contributed by atoms with Crippen LogP contribution in [0.5, 0.6) is 0 Å². The lowest BCUT2D eigenvalue weighted by Crippen LogP contribution is -2.52. The number of nitrogens with one attached hydrogen (secondary N) is 1. The maximum Gasteiger partial charge on any atom is 0.317 e. The number of hydrogen-bond donors (Lipinski definition) is 2. The normalized spacial score (nSPS) is 24.4. The van der Waals surface area contributed by atoms with E-state index >= 15 is 0 Å². The highest BCUT2D eigenvalue weighted by Crippen LogP contribution is 2.33. The number of aliphatic hydroxyl groups is 1. The van der Waals surface area contributed by atoms with Crippen molar-refractivity contribution in [3.05, 3.63) is 0 Å². The van der Waals surface area contributed by atoms with Crippen LogP contribution in [-0.2, 0) is 4.74 Å². The number of nitrogens with zero attached hydrogens (tertiary/aromatic N) is 1. The van der Waals surface area contributed by atoms with Gasteiger partial charge >= 0.3 is 6.03 Å². The summed E-state index contributed by atoms with van der Waals surface area (Å²) >= 11 is 0. The van der Waals surface area contributed by atoms with Crippen molar-refractivity contribution >= 4 is 6.03 Å². The van der Waals surface area contributed by atoms with Crippen molar-refractivity contribution in [2.45, 2.75) is 39.2 Å². The van der Waals surface area contributed by atoms with Gasteiger partial charge in [-0.15, -0.1) is 0 Å². The van der Waals surface area contributed by atoms with Gasteiger partial charge in [-0.3, -0.25) is 0 Å². The lowest BCUT2D eigenvalue weighted by Gasteiger charge is -2.42. The van der Waals surface area contributed by atoms with Crippen LogP contribution in [0.2, 0.25) is 0 Å². The average Bonchev–Trinajstić information content (AvgIpc) is 2.36. The smallest absolute Gasteiger partial charge is 0.317 e. The number of carbonyl (C=O) groups excluding carboxylic acids is 1. The fourth-order valence-electron chi connectivity index (χ4n) is 2.45. The quantitative estimate of drug-likeness (QED) is 0.779. The Morgan fingerprint density at radius 1 is 1.56 bits per heavy atom. The van der Waals surface area contributed by atoms with Crippen LogP contribution in [0, 0.1) is 5.41 Å². The summed E-state index contributed by atoms with van der Waals surface area (Å²) in [5.41, 5.74) is -0.192. The van der Waals surface area contributed by atoms with E-state index in [9.17, 15) is 9.90 Å². The molecule has 0 aliphatic carbocycles. The first-order chi connectivity index (χ1) is 8.53. The fraction of sp³-hybridized carbons (Fsp3) is 0.923. The van der Waals surface area contributed by atoms with Crippen LogP contribution in [0.25, 0.3) is 0 Å². The molecule has 1 aliphatic heterocycles. The van der Waals surface area contributed by atoms with Crippen molar-refractivity contribution in [3.63, 3.8) is 0 Å². The first kappa shape index (κ1) is 15.2. The Morgan fingerprint density at radius 2 is 2.28 bits per heavy atom. The molecule has 106 valence electrons. The molecule has 1 aliphatic rings. The van der Waals surface area contributed by atoms with Gasteiger partial charge < -0.3 is 20.1 Å². The second-order valence-electron chi connectivity index (χ2n) is 5.53. The molecule has 1 heterocycles.